The molecule has 0 amide bonds. The van der Waals surface area contributed by atoms with Gasteiger partial charge in [-0.3, -0.25) is 0 Å². The van der Waals surface area contributed by atoms with Crippen LogP contribution in [-0.2, 0) is 11.5 Å². The largest absolute Gasteiger partial charge is 0.360 e. The molecule has 0 atom stereocenters. The van der Waals surface area contributed by atoms with E-state index in [1.165, 1.54) is 34.9 Å². The smallest absolute Gasteiger partial charge is 0.122 e. The number of aromatic nitrogens is 1. The topological polar surface area (TPSA) is 26.2 Å². The quantitative estimate of drug-likeness (QED) is 0.909. The van der Waals surface area contributed by atoms with Crippen LogP contribution in [0.4, 0.5) is 0 Å². The van der Waals surface area contributed by atoms with Crippen molar-refractivity contribution in [1.82, 2.24) is 9.88 Å². The maximum Gasteiger partial charge on any atom is 0.122 e. The van der Waals surface area contributed by atoms with E-state index in [-0.39, 0.29) is 0 Å². The fourth-order valence-electron chi connectivity index (χ4n) is 3.08. The van der Waals surface area contributed by atoms with Crippen molar-refractivity contribution < 1.29 is 4.74 Å². The highest BCUT2D eigenvalue weighted by molar-refractivity contribution is 5.93. The highest BCUT2D eigenvalue weighted by Gasteiger charge is 2.21. The number of nitrogens with zero attached hydrogens (tertiary/aromatic N) is 1. The van der Waals surface area contributed by atoms with Crippen LogP contribution < -0.4 is 5.32 Å². The van der Waals surface area contributed by atoms with Gasteiger partial charge >= 0.3 is 0 Å². The minimum atomic E-state index is 0.669. The summed E-state index contributed by atoms with van der Waals surface area (Å²) in [6.07, 6.45) is 8.39. The van der Waals surface area contributed by atoms with Gasteiger partial charge in [0, 0.05) is 23.7 Å². The molecule has 1 aliphatic heterocycles. The van der Waals surface area contributed by atoms with Gasteiger partial charge in [-0.2, -0.15) is 0 Å². The average molecular weight is 282 g/mol. The lowest BCUT2D eigenvalue weighted by molar-refractivity contribution is 0.0717. The van der Waals surface area contributed by atoms with E-state index in [9.17, 15) is 0 Å². The summed E-state index contributed by atoms with van der Waals surface area (Å²) >= 11 is 0. The third kappa shape index (κ3) is 2.76. The summed E-state index contributed by atoms with van der Waals surface area (Å²) in [5, 5.41) is 4.73. The van der Waals surface area contributed by atoms with Gasteiger partial charge in [-0.05, 0) is 43.4 Å². The second-order valence-corrected chi connectivity index (χ2v) is 6.16. The Morgan fingerprint density at radius 2 is 2.14 bits per heavy atom. The second kappa shape index (κ2) is 5.66. The summed E-state index contributed by atoms with van der Waals surface area (Å²) < 4.78 is 8.14. The number of para-hydroxylation sites is 1. The molecule has 110 valence electrons. The van der Waals surface area contributed by atoms with Crippen LogP contribution in [0, 0.1) is 5.92 Å². The van der Waals surface area contributed by atoms with Crippen LogP contribution in [0.1, 0.15) is 24.8 Å². The van der Waals surface area contributed by atoms with Crippen LogP contribution >= 0.6 is 0 Å². The number of benzene rings is 1. The van der Waals surface area contributed by atoms with Crippen molar-refractivity contribution in [2.75, 3.05) is 19.7 Å². The van der Waals surface area contributed by atoms with E-state index < -0.39 is 0 Å². The van der Waals surface area contributed by atoms with Crippen molar-refractivity contribution in [2.24, 2.45) is 5.92 Å². The minimum Gasteiger partial charge on any atom is -0.360 e. The van der Waals surface area contributed by atoms with E-state index in [2.05, 4.69) is 46.4 Å². The Hall–Kier alpha value is -1.58. The van der Waals surface area contributed by atoms with Crippen molar-refractivity contribution >= 4 is 16.5 Å². The molecule has 1 aromatic carbocycles. The fraction of sp³-hybridized carbons (Fsp3) is 0.444. The molecule has 1 N–H and O–H groups in total. The van der Waals surface area contributed by atoms with Crippen molar-refractivity contribution in [2.45, 2.75) is 26.0 Å². The van der Waals surface area contributed by atoms with Gasteiger partial charge in [-0.15, -0.1) is 0 Å². The first kappa shape index (κ1) is 13.1. The Kier molecular flexibility index (Phi) is 3.53. The number of nitrogens with one attached hydrogen (secondary N) is 1. The van der Waals surface area contributed by atoms with Gasteiger partial charge in [0.2, 0.25) is 0 Å². The van der Waals surface area contributed by atoms with Crippen LogP contribution in [0.5, 0.6) is 0 Å². The number of hydrogen-bond donors (Lipinski definition) is 1. The Bertz CT molecular complexity index is 667. The molecule has 2 aliphatic rings. The van der Waals surface area contributed by atoms with Gasteiger partial charge in [-0.25, -0.2) is 0 Å². The zero-order chi connectivity index (χ0) is 14.1. The standard InChI is InChI=1S/C18H22N2O/c1-2-4-18-16(3-1)17(15-7-9-19-10-8-15)11-20(18)13-21-12-14-5-6-14/h1-4,7,11,14,19H,5-6,8-10,12-13H2. The van der Waals surface area contributed by atoms with Crippen LogP contribution in [0.25, 0.3) is 16.5 Å². The summed E-state index contributed by atoms with van der Waals surface area (Å²) in [7, 11) is 0. The van der Waals surface area contributed by atoms with Crippen LogP contribution in [-0.4, -0.2) is 24.3 Å². The zero-order valence-corrected chi connectivity index (χ0v) is 12.3. The Balaban J connectivity index is 1.64. The summed E-state index contributed by atoms with van der Waals surface area (Å²) in [5.41, 5.74) is 4.12. The SMILES string of the molecule is C1=C(c2cn(COCC3CC3)c3ccccc23)CCNC1. The predicted molar refractivity (Wildman–Crippen MR) is 86.1 cm³/mol. The third-order valence-electron chi connectivity index (χ3n) is 4.48. The van der Waals surface area contributed by atoms with Gasteiger partial charge in [0.15, 0.2) is 0 Å². The Labute approximate surface area is 125 Å². The molecule has 2 heterocycles. The van der Waals surface area contributed by atoms with E-state index in [4.69, 9.17) is 4.74 Å². The molecule has 4 rings (SSSR count). The highest BCUT2D eigenvalue weighted by Crippen LogP contribution is 2.31. The van der Waals surface area contributed by atoms with E-state index in [1.807, 2.05) is 0 Å². The van der Waals surface area contributed by atoms with Crippen molar-refractivity contribution in [3.63, 3.8) is 0 Å². The van der Waals surface area contributed by atoms with Crippen molar-refractivity contribution in [3.05, 3.63) is 42.1 Å². The Morgan fingerprint density at radius 3 is 2.95 bits per heavy atom. The van der Waals surface area contributed by atoms with Crippen LogP contribution in [0.15, 0.2) is 36.5 Å². The van der Waals surface area contributed by atoms with E-state index >= 15 is 0 Å². The minimum absolute atomic E-state index is 0.669. The molecule has 1 aliphatic carbocycles. The number of rotatable bonds is 5. The lowest BCUT2D eigenvalue weighted by Gasteiger charge is -2.13. The van der Waals surface area contributed by atoms with Crippen molar-refractivity contribution in [3.8, 4) is 0 Å². The molecule has 3 nitrogen and oxygen atoms in total. The molecule has 1 aromatic heterocycles. The first-order chi connectivity index (χ1) is 10.4. The van der Waals surface area contributed by atoms with Gasteiger partial charge < -0.3 is 14.6 Å². The van der Waals surface area contributed by atoms with E-state index in [1.54, 1.807) is 0 Å². The molecule has 0 bridgehead atoms. The molecule has 21 heavy (non-hydrogen) atoms. The molecule has 0 unspecified atom stereocenters. The van der Waals surface area contributed by atoms with Crippen LogP contribution in [0.3, 0.4) is 0 Å². The molecule has 3 heteroatoms. The lowest BCUT2D eigenvalue weighted by atomic mass is 10.00. The number of hydrogen-bond acceptors (Lipinski definition) is 2. The summed E-state index contributed by atoms with van der Waals surface area (Å²) in [6.45, 7) is 3.63. The molecule has 0 spiro atoms. The highest BCUT2D eigenvalue weighted by atomic mass is 16.5. The first-order valence-corrected chi connectivity index (χ1v) is 7.97. The third-order valence-corrected chi connectivity index (χ3v) is 4.48. The zero-order valence-electron chi connectivity index (χ0n) is 12.3. The maximum absolute atomic E-state index is 5.88. The summed E-state index contributed by atoms with van der Waals surface area (Å²) in [5.74, 6) is 0.818. The molecule has 1 saturated carbocycles. The lowest BCUT2D eigenvalue weighted by Crippen LogP contribution is -2.19. The van der Waals surface area contributed by atoms with Gasteiger partial charge in [0.05, 0.1) is 12.1 Å². The van der Waals surface area contributed by atoms with Gasteiger partial charge in [0.25, 0.3) is 0 Å². The number of fused-ring (bicyclic) bond motifs is 1. The molecular formula is C18H22N2O. The van der Waals surface area contributed by atoms with Gasteiger partial charge in [-0.1, -0.05) is 24.3 Å². The van der Waals surface area contributed by atoms with Crippen molar-refractivity contribution in [1.29, 1.82) is 0 Å². The second-order valence-electron chi connectivity index (χ2n) is 6.16. The van der Waals surface area contributed by atoms with E-state index in [0.717, 1.165) is 32.0 Å². The molecule has 0 saturated heterocycles. The Morgan fingerprint density at radius 1 is 1.24 bits per heavy atom. The molecule has 1 fully saturated rings. The summed E-state index contributed by atoms with van der Waals surface area (Å²) in [6, 6.07) is 8.66. The van der Waals surface area contributed by atoms with Gasteiger partial charge in [0.1, 0.15) is 6.73 Å². The average Bonchev–Trinajstić information content (AvgIpc) is 3.29. The number of ether oxygens (including phenoxy) is 1. The monoisotopic (exact) mass is 282 g/mol. The molecule has 2 aromatic rings. The molecular weight excluding hydrogens is 260 g/mol. The fourth-order valence-corrected chi connectivity index (χ4v) is 3.08. The van der Waals surface area contributed by atoms with Crippen LogP contribution in [0.2, 0.25) is 0 Å². The summed E-state index contributed by atoms with van der Waals surface area (Å²) in [4.78, 5) is 0. The first-order valence-electron chi connectivity index (χ1n) is 7.97. The normalized spacial score (nSPS) is 19.0. The predicted octanol–water partition coefficient (Wildman–Crippen LogP) is 3.40. The molecule has 0 radical (unpaired) electrons. The van der Waals surface area contributed by atoms with E-state index in [0.29, 0.717) is 6.73 Å². The maximum atomic E-state index is 5.88.